The topological polar surface area (TPSA) is 54.9 Å². The second kappa shape index (κ2) is 9.66. The summed E-state index contributed by atoms with van der Waals surface area (Å²) in [5.74, 6) is -0.555. The van der Waals surface area contributed by atoms with Gasteiger partial charge >= 0.3 is 6.18 Å². The van der Waals surface area contributed by atoms with Gasteiger partial charge in [0.1, 0.15) is 6.73 Å². The molecule has 0 saturated heterocycles. The highest BCUT2D eigenvalue weighted by molar-refractivity contribution is 8.00. The van der Waals surface area contributed by atoms with Gasteiger partial charge in [0.2, 0.25) is 0 Å². The molecule has 2 aromatic rings. The number of aromatic nitrogens is 1. The summed E-state index contributed by atoms with van der Waals surface area (Å²) in [6.07, 6.45) is -3.18. The molecule has 0 N–H and O–H groups in total. The van der Waals surface area contributed by atoms with Gasteiger partial charge in [0.15, 0.2) is 5.69 Å². The quantitative estimate of drug-likeness (QED) is 0.343. The zero-order valence-corrected chi connectivity index (χ0v) is 17.7. The normalized spacial score (nSPS) is 11.4. The van der Waals surface area contributed by atoms with Crippen molar-refractivity contribution in [1.82, 2.24) is 10.0 Å². The van der Waals surface area contributed by atoms with Crippen molar-refractivity contribution in [3.05, 3.63) is 52.3 Å². The molecular formula is C18H19ClF3N3O3S. The van der Waals surface area contributed by atoms with E-state index in [9.17, 15) is 18.0 Å². The lowest BCUT2D eigenvalue weighted by Crippen LogP contribution is -2.29. The van der Waals surface area contributed by atoms with Gasteiger partial charge in [0.25, 0.3) is 5.91 Å². The minimum Gasteiger partial charge on any atom is -0.363 e. The molecule has 0 saturated carbocycles. The molecule has 2 rings (SSSR count). The highest BCUT2D eigenvalue weighted by Gasteiger charge is 2.33. The molecule has 1 heterocycles. The molecule has 11 heteroatoms. The number of hydrogen-bond acceptors (Lipinski definition) is 6. The number of pyridine rings is 1. The summed E-state index contributed by atoms with van der Waals surface area (Å²) in [5, 5.41) is 1.22. The SMILES string of the molecule is COCN(Sc1ccc(C)c(C(F)(F)F)c1)c1cc(Cl)cnc1C(=O)N(C)OC. The Bertz CT molecular complexity index is 883. The lowest BCUT2D eigenvalue weighted by atomic mass is 10.1. The van der Waals surface area contributed by atoms with Gasteiger partial charge < -0.3 is 4.74 Å². The Hall–Kier alpha value is -2.01. The largest absolute Gasteiger partial charge is 0.416 e. The minimum absolute atomic E-state index is 0.00598. The molecule has 0 aliphatic rings. The van der Waals surface area contributed by atoms with Gasteiger partial charge in [-0.05, 0) is 42.6 Å². The molecule has 0 aliphatic carbocycles. The van der Waals surface area contributed by atoms with Crippen molar-refractivity contribution in [3.63, 3.8) is 0 Å². The molecule has 29 heavy (non-hydrogen) atoms. The molecule has 0 fully saturated rings. The summed E-state index contributed by atoms with van der Waals surface area (Å²) in [5.41, 5.74) is -0.347. The average Bonchev–Trinajstić information content (AvgIpc) is 2.66. The smallest absolute Gasteiger partial charge is 0.363 e. The van der Waals surface area contributed by atoms with Crippen LogP contribution in [0.3, 0.4) is 0 Å². The van der Waals surface area contributed by atoms with Crippen molar-refractivity contribution < 1.29 is 27.5 Å². The Morgan fingerprint density at radius 2 is 1.97 bits per heavy atom. The third-order valence-electron chi connectivity index (χ3n) is 3.84. The predicted molar refractivity (Wildman–Crippen MR) is 105 cm³/mol. The zero-order chi connectivity index (χ0) is 21.8. The fourth-order valence-electron chi connectivity index (χ4n) is 2.37. The van der Waals surface area contributed by atoms with Crippen LogP contribution in [-0.2, 0) is 15.8 Å². The maximum absolute atomic E-state index is 13.2. The van der Waals surface area contributed by atoms with Crippen LogP contribution in [0.25, 0.3) is 0 Å². The Labute approximate surface area is 175 Å². The summed E-state index contributed by atoms with van der Waals surface area (Å²) in [6, 6.07) is 5.47. The van der Waals surface area contributed by atoms with E-state index in [1.807, 2.05) is 0 Å². The number of halogens is 4. The van der Waals surface area contributed by atoms with Crippen LogP contribution >= 0.6 is 23.5 Å². The van der Waals surface area contributed by atoms with Gasteiger partial charge in [0.05, 0.1) is 23.4 Å². The minimum atomic E-state index is -4.48. The number of alkyl halides is 3. The molecule has 0 radical (unpaired) electrons. The zero-order valence-electron chi connectivity index (χ0n) is 16.1. The van der Waals surface area contributed by atoms with E-state index >= 15 is 0 Å². The van der Waals surface area contributed by atoms with Crippen LogP contribution in [0.1, 0.15) is 21.6 Å². The lowest BCUT2D eigenvalue weighted by Gasteiger charge is -2.25. The van der Waals surface area contributed by atoms with E-state index in [2.05, 4.69) is 4.98 Å². The number of aryl methyl sites for hydroxylation is 1. The van der Waals surface area contributed by atoms with Crippen LogP contribution in [0.15, 0.2) is 35.4 Å². The molecule has 1 amide bonds. The second-order valence-electron chi connectivity index (χ2n) is 5.87. The predicted octanol–water partition coefficient (Wildman–Crippen LogP) is 4.81. The number of rotatable bonds is 7. The molecule has 6 nitrogen and oxygen atoms in total. The van der Waals surface area contributed by atoms with E-state index in [4.69, 9.17) is 21.2 Å². The summed E-state index contributed by atoms with van der Waals surface area (Å²) in [4.78, 5) is 21.8. The van der Waals surface area contributed by atoms with E-state index in [1.165, 1.54) is 50.8 Å². The van der Waals surface area contributed by atoms with Crippen molar-refractivity contribution in [1.29, 1.82) is 0 Å². The fraction of sp³-hybridized carbons (Fsp3) is 0.333. The number of amides is 1. The molecule has 0 aliphatic heterocycles. The molecule has 0 atom stereocenters. The standard InChI is InChI=1S/C18H19ClF3N3O3S/c1-11-5-6-13(8-14(11)18(20,21)22)29-25(10-27-3)15-7-12(19)9-23-16(15)17(26)24(2)28-4/h5-9H,10H2,1-4H3. The third-order valence-corrected chi connectivity index (χ3v) is 5.04. The number of ether oxygens (including phenoxy) is 1. The highest BCUT2D eigenvalue weighted by atomic mass is 35.5. The average molecular weight is 450 g/mol. The van der Waals surface area contributed by atoms with Crippen LogP contribution in [0.5, 0.6) is 0 Å². The third kappa shape index (κ3) is 5.75. The molecule has 1 aromatic carbocycles. The van der Waals surface area contributed by atoms with Gasteiger partial charge in [-0.3, -0.25) is 13.9 Å². The van der Waals surface area contributed by atoms with E-state index in [-0.39, 0.29) is 28.7 Å². The number of hydroxylamine groups is 2. The van der Waals surface area contributed by atoms with Gasteiger partial charge in [-0.1, -0.05) is 17.7 Å². The van der Waals surface area contributed by atoms with Crippen LogP contribution in [0, 0.1) is 6.92 Å². The molecule has 158 valence electrons. The van der Waals surface area contributed by atoms with Gasteiger partial charge in [-0.2, -0.15) is 13.2 Å². The summed E-state index contributed by atoms with van der Waals surface area (Å²) < 4.78 is 46.4. The van der Waals surface area contributed by atoms with Crippen molar-refractivity contribution >= 4 is 35.1 Å². The maximum Gasteiger partial charge on any atom is 0.416 e. The molecule has 0 spiro atoms. The van der Waals surface area contributed by atoms with Crippen molar-refractivity contribution in [2.75, 3.05) is 32.3 Å². The van der Waals surface area contributed by atoms with Gasteiger partial charge in [0, 0.05) is 25.2 Å². The van der Waals surface area contributed by atoms with Crippen molar-refractivity contribution in [3.8, 4) is 0 Å². The fourth-order valence-corrected chi connectivity index (χ4v) is 3.47. The maximum atomic E-state index is 13.2. The summed E-state index contributed by atoms with van der Waals surface area (Å²) in [6.45, 7) is 1.35. The van der Waals surface area contributed by atoms with Crippen LogP contribution < -0.4 is 4.31 Å². The second-order valence-corrected chi connectivity index (χ2v) is 7.40. The van der Waals surface area contributed by atoms with Crippen LogP contribution in [-0.4, -0.2) is 44.0 Å². The number of carbonyl (C=O) groups excluding carboxylic acids is 1. The van der Waals surface area contributed by atoms with E-state index < -0.39 is 17.6 Å². The Kier molecular flexibility index (Phi) is 7.75. The van der Waals surface area contributed by atoms with E-state index in [0.717, 1.165) is 23.1 Å². The highest BCUT2D eigenvalue weighted by Crippen LogP contribution is 2.37. The van der Waals surface area contributed by atoms with Crippen molar-refractivity contribution in [2.45, 2.75) is 18.0 Å². The molecule has 0 bridgehead atoms. The summed E-state index contributed by atoms with van der Waals surface area (Å²) in [7, 11) is 4.15. The summed E-state index contributed by atoms with van der Waals surface area (Å²) >= 11 is 7.01. The number of benzene rings is 1. The van der Waals surface area contributed by atoms with Gasteiger partial charge in [-0.25, -0.2) is 10.0 Å². The number of nitrogens with zero attached hydrogens (tertiary/aromatic N) is 3. The van der Waals surface area contributed by atoms with Crippen LogP contribution in [0.2, 0.25) is 5.02 Å². The first-order valence-electron chi connectivity index (χ1n) is 8.18. The van der Waals surface area contributed by atoms with Crippen molar-refractivity contribution in [2.24, 2.45) is 0 Å². The Balaban J connectivity index is 2.48. The van der Waals surface area contributed by atoms with Gasteiger partial charge in [-0.15, -0.1) is 0 Å². The molecular weight excluding hydrogens is 431 g/mol. The number of methoxy groups -OCH3 is 1. The van der Waals surface area contributed by atoms with Crippen LogP contribution in [0.4, 0.5) is 18.9 Å². The first-order valence-corrected chi connectivity index (χ1v) is 9.33. The number of carbonyl (C=O) groups is 1. The number of hydrogen-bond donors (Lipinski definition) is 0. The number of anilines is 1. The van der Waals surface area contributed by atoms with E-state index in [1.54, 1.807) is 6.07 Å². The Morgan fingerprint density at radius 1 is 1.28 bits per heavy atom. The first-order chi connectivity index (χ1) is 13.6. The monoisotopic (exact) mass is 449 g/mol. The first kappa shape index (κ1) is 23.3. The molecule has 1 aromatic heterocycles. The van der Waals surface area contributed by atoms with E-state index in [0.29, 0.717) is 4.90 Å². The Morgan fingerprint density at radius 3 is 2.55 bits per heavy atom. The molecule has 0 unspecified atom stereocenters. The lowest BCUT2D eigenvalue weighted by molar-refractivity contribution is -0.138.